The molecule has 0 N–H and O–H groups in total. The van der Waals surface area contributed by atoms with Gasteiger partial charge in [0.15, 0.2) is 0 Å². The standard InChI is InChI=1S/C20H25ClO/c1-17-12-13-19(18-10-6-5-7-11-18)16-20(17)22-15-9-4-2-3-8-14-21/h5-7,10-13,16H,2-4,8-9,14-15H2,1H3. The Labute approximate surface area is 139 Å². The molecule has 0 fully saturated rings. The maximum absolute atomic E-state index is 5.98. The van der Waals surface area contributed by atoms with Crippen LogP contribution in [0.15, 0.2) is 48.5 Å². The van der Waals surface area contributed by atoms with Gasteiger partial charge in [-0.1, -0.05) is 61.7 Å². The van der Waals surface area contributed by atoms with E-state index in [9.17, 15) is 0 Å². The SMILES string of the molecule is Cc1ccc(-c2ccccc2)cc1OCCCCCCCCl. The maximum Gasteiger partial charge on any atom is 0.122 e. The van der Waals surface area contributed by atoms with Crippen LogP contribution in [0.3, 0.4) is 0 Å². The molecule has 0 spiro atoms. The van der Waals surface area contributed by atoms with Crippen LogP contribution in [0, 0.1) is 6.92 Å². The molecule has 0 aliphatic rings. The highest BCUT2D eigenvalue weighted by Crippen LogP contribution is 2.27. The molecular weight excluding hydrogens is 292 g/mol. The zero-order chi connectivity index (χ0) is 15.6. The Kier molecular flexibility index (Phi) is 7.32. The minimum absolute atomic E-state index is 0.780. The maximum atomic E-state index is 5.98. The molecule has 0 aliphatic carbocycles. The number of aryl methyl sites for hydroxylation is 1. The van der Waals surface area contributed by atoms with Crippen molar-refractivity contribution in [1.29, 1.82) is 0 Å². The molecule has 0 saturated heterocycles. The van der Waals surface area contributed by atoms with E-state index in [0.29, 0.717) is 0 Å². The van der Waals surface area contributed by atoms with E-state index >= 15 is 0 Å². The Morgan fingerprint density at radius 1 is 0.818 bits per heavy atom. The number of unbranched alkanes of at least 4 members (excludes halogenated alkanes) is 4. The van der Waals surface area contributed by atoms with Gasteiger partial charge in [-0.15, -0.1) is 11.6 Å². The first-order valence-corrected chi connectivity index (χ1v) is 8.69. The fourth-order valence-corrected chi connectivity index (χ4v) is 2.66. The smallest absolute Gasteiger partial charge is 0.122 e. The summed E-state index contributed by atoms with van der Waals surface area (Å²) < 4.78 is 5.98. The molecule has 0 unspecified atom stereocenters. The van der Waals surface area contributed by atoms with E-state index in [1.54, 1.807) is 0 Å². The van der Waals surface area contributed by atoms with Crippen LogP contribution in [0.25, 0.3) is 11.1 Å². The van der Waals surface area contributed by atoms with Crippen molar-refractivity contribution < 1.29 is 4.74 Å². The highest BCUT2D eigenvalue weighted by molar-refractivity contribution is 6.17. The lowest BCUT2D eigenvalue weighted by Gasteiger charge is -2.11. The third kappa shape index (κ3) is 5.38. The fraction of sp³-hybridized carbons (Fsp3) is 0.400. The Morgan fingerprint density at radius 2 is 1.55 bits per heavy atom. The molecule has 0 bridgehead atoms. The van der Waals surface area contributed by atoms with Gasteiger partial charge in [0.05, 0.1) is 6.61 Å². The van der Waals surface area contributed by atoms with E-state index < -0.39 is 0 Å². The zero-order valence-electron chi connectivity index (χ0n) is 13.4. The van der Waals surface area contributed by atoms with Gasteiger partial charge in [-0.3, -0.25) is 0 Å². The van der Waals surface area contributed by atoms with Crippen molar-refractivity contribution in [1.82, 2.24) is 0 Å². The number of rotatable bonds is 9. The van der Waals surface area contributed by atoms with Crippen molar-refractivity contribution >= 4 is 11.6 Å². The predicted octanol–water partition coefficient (Wildman–Crippen LogP) is 6.23. The molecule has 0 aliphatic heterocycles. The van der Waals surface area contributed by atoms with Gasteiger partial charge >= 0.3 is 0 Å². The summed E-state index contributed by atoms with van der Waals surface area (Å²) in [5.74, 6) is 1.78. The van der Waals surface area contributed by atoms with Gasteiger partial charge in [0.1, 0.15) is 5.75 Å². The molecule has 0 saturated carbocycles. The summed E-state index contributed by atoms with van der Waals surface area (Å²) in [6.45, 7) is 2.89. The van der Waals surface area contributed by atoms with Crippen molar-refractivity contribution in [2.45, 2.75) is 39.0 Å². The summed E-state index contributed by atoms with van der Waals surface area (Å²) in [5.41, 5.74) is 3.64. The first kappa shape index (κ1) is 16.9. The molecule has 2 rings (SSSR count). The topological polar surface area (TPSA) is 9.23 Å². The molecular formula is C20H25ClO. The van der Waals surface area contributed by atoms with E-state index in [-0.39, 0.29) is 0 Å². The number of ether oxygens (including phenoxy) is 1. The van der Waals surface area contributed by atoms with Gasteiger partial charge in [-0.05, 0) is 42.5 Å². The van der Waals surface area contributed by atoms with Crippen LogP contribution in [0.5, 0.6) is 5.75 Å². The average molecular weight is 317 g/mol. The highest BCUT2D eigenvalue weighted by atomic mass is 35.5. The highest BCUT2D eigenvalue weighted by Gasteiger charge is 2.03. The average Bonchev–Trinajstić information content (AvgIpc) is 2.56. The van der Waals surface area contributed by atoms with Gasteiger partial charge in [-0.25, -0.2) is 0 Å². The molecule has 0 amide bonds. The zero-order valence-corrected chi connectivity index (χ0v) is 14.1. The Balaban J connectivity index is 1.86. The van der Waals surface area contributed by atoms with Crippen LogP contribution in [0.1, 0.15) is 37.7 Å². The van der Waals surface area contributed by atoms with Crippen LogP contribution >= 0.6 is 11.6 Å². The van der Waals surface area contributed by atoms with Crippen LogP contribution in [-0.2, 0) is 0 Å². The molecule has 2 aromatic rings. The first-order valence-electron chi connectivity index (χ1n) is 8.16. The Bertz CT molecular complexity index is 551. The molecule has 118 valence electrons. The molecule has 0 aromatic heterocycles. The first-order chi connectivity index (χ1) is 10.8. The van der Waals surface area contributed by atoms with Crippen LogP contribution in [-0.4, -0.2) is 12.5 Å². The lowest BCUT2D eigenvalue weighted by atomic mass is 10.0. The summed E-state index contributed by atoms with van der Waals surface area (Å²) in [6.07, 6.45) is 5.93. The van der Waals surface area contributed by atoms with Gasteiger partial charge < -0.3 is 4.74 Å². The van der Waals surface area contributed by atoms with Crippen LogP contribution in [0.2, 0.25) is 0 Å². The lowest BCUT2D eigenvalue weighted by Crippen LogP contribution is -1.99. The summed E-state index contributed by atoms with van der Waals surface area (Å²) in [6, 6.07) is 16.9. The summed E-state index contributed by atoms with van der Waals surface area (Å²) in [7, 11) is 0. The second-order valence-corrected chi connectivity index (χ2v) is 6.03. The third-order valence-corrected chi connectivity index (χ3v) is 4.10. The van der Waals surface area contributed by atoms with Gasteiger partial charge in [0, 0.05) is 5.88 Å². The van der Waals surface area contributed by atoms with E-state index in [1.807, 2.05) is 6.07 Å². The van der Waals surface area contributed by atoms with Crippen molar-refractivity contribution in [3.63, 3.8) is 0 Å². The van der Waals surface area contributed by atoms with Gasteiger partial charge in [0.2, 0.25) is 0 Å². The van der Waals surface area contributed by atoms with E-state index in [4.69, 9.17) is 16.3 Å². The molecule has 0 heterocycles. The van der Waals surface area contributed by atoms with E-state index in [2.05, 4.69) is 49.4 Å². The number of hydrogen-bond acceptors (Lipinski definition) is 1. The van der Waals surface area contributed by atoms with Crippen molar-refractivity contribution in [3.8, 4) is 16.9 Å². The number of halogens is 1. The monoisotopic (exact) mass is 316 g/mol. The minimum Gasteiger partial charge on any atom is -0.493 e. The Morgan fingerprint density at radius 3 is 2.32 bits per heavy atom. The largest absolute Gasteiger partial charge is 0.493 e. The number of benzene rings is 2. The Hall–Kier alpha value is -1.47. The molecule has 1 nitrogen and oxygen atoms in total. The van der Waals surface area contributed by atoms with Crippen molar-refractivity contribution in [3.05, 3.63) is 54.1 Å². The van der Waals surface area contributed by atoms with Crippen molar-refractivity contribution in [2.75, 3.05) is 12.5 Å². The van der Waals surface area contributed by atoms with Crippen molar-refractivity contribution in [2.24, 2.45) is 0 Å². The molecule has 0 radical (unpaired) electrons. The second-order valence-electron chi connectivity index (χ2n) is 5.65. The molecule has 22 heavy (non-hydrogen) atoms. The molecule has 2 heteroatoms. The predicted molar refractivity (Wildman–Crippen MR) is 95.9 cm³/mol. The van der Waals surface area contributed by atoms with Gasteiger partial charge in [-0.2, -0.15) is 0 Å². The number of alkyl halides is 1. The van der Waals surface area contributed by atoms with E-state index in [0.717, 1.165) is 31.1 Å². The fourth-order valence-electron chi connectivity index (χ4n) is 2.47. The normalized spacial score (nSPS) is 10.6. The lowest BCUT2D eigenvalue weighted by molar-refractivity contribution is 0.303. The molecule has 0 atom stereocenters. The van der Waals surface area contributed by atoms with Crippen LogP contribution < -0.4 is 4.74 Å². The van der Waals surface area contributed by atoms with Crippen LogP contribution in [0.4, 0.5) is 0 Å². The second kappa shape index (κ2) is 9.53. The summed E-state index contributed by atoms with van der Waals surface area (Å²) in [5, 5.41) is 0. The molecule has 2 aromatic carbocycles. The minimum atomic E-state index is 0.780. The third-order valence-electron chi connectivity index (χ3n) is 3.83. The quantitative estimate of drug-likeness (QED) is 0.393. The number of hydrogen-bond donors (Lipinski definition) is 0. The summed E-state index contributed by atoms with van der Waals surface area (Å²) in [4.78, 5) is 0. The van der Waals surface area contributed by atoms with Gasteiger partial charge in [0.25, 0.3) is 0 Å². The van der Waals surface area contributed by atoms with E-state index in [1.165, 1.54) is 36.0 Å². The summed E-state index contributed by atoms with van der Waals surface area (Å²) >= 11 is 5.68.